The van der Waals surface area contributed by atoms with Gasteiger partial charge in [-0.15, -0.1) is 0 Å². The third-order valence-electron chi connectivity index (χ3n) is 3.32. The van der Waals surface area contributed by atoms with Crippen LogP contribution in [0.1, 0.15) is 30.6 Å². The van der Waals surface area contributed by atoms with Crippen LogP contribution in [0.25, 0.3) is 0 Å². The van der Waals surface area contributed by atoms with E-state index in [0.717, 1.165) is 25.3 Å². The Morgan fingerprint density at radius 3 is 2.84 bits per heavy atom. The van der Waals surface area contributed by atoms with Gasteiger partial charge in [-0.05, 0) is 24.6 Å². The van der Waals surface area contributed by atoms with E-state index in [2.05, 4.69) is 13.8 Å². The first kappa shape index (κ1) is 14.5. The lowest BCUT2D eigenvalue weighted by Gasteiger charge is -2.22. The minimum atomic E-state index is -0.0137. The highest BCUT2D eigenvalue weighted by atomic mass is 35.5. The SMILES string of the molecule is CC1(C)CCN(C(=O)c2ccc(O)c(Cl)c2)CCS1. The molecular weight excluding hydrogens is 282 g/mol. The normalized spacial score (nSPS) is 19.0. The van der Waals surface area contributed by atoms with Crippen LogP contribution >= 0.6 is 23.4 Å². The number of rotatable bonds is 1. The molecule has 0 atom stereocenters. The van der Waals surface area contributed by atoms with Crippen molar-refractivity contribution >= 4 is 29.3 Å². The summed E-state index contributed by atoms with van der Waals surface area (Å²) in [6.45, 7) is 5.94. The molecule has 0 saturated carbocycles. The maximum atomic E-state index is 12.4. The Hall–Kier alpha value is -0.870. The predicted molar refractivity (Wildman–Crippen MR) is 80.2 cm³/mol. The highest BCUT2D eigenvalue weighted by Gasteiger charge is 2.26. The van der Waals surface area contributed by atoms with E-state index in [1.807, 2.05) is 16.7 Å². The van der Waals surface area contributed by atoms with E-state index >= 15 is 0 Å². The van der Waals surface area contributed by atoms with Crippen LogP contribution in [0.5, 0.6) is 5.75 Å². The Kier molecular flexibility index (Phi) is 4.31. The summed E-state index contributed by atoms with van der Waals surface area (Å²) in [5.41, 5.74) is 0.535. The third kappa shape index (κ3) is 3.57. The van der Waals surface area contributed by atoms with Gasteiger partial charge >= 0.3 is 0 Å². The summed E-state index contributed by atoms with van der Waals surface area (Å²) in [7, 11) is 0. The van der Waals surface area contributed by atoms with Gasteiger partial charge in [0.25, 0.3) is 5.91 Å². The Morgan fingerprint density at radius 2 is 2.16 bits per heavy atom. The minimum absolute atomic E-state index is 0.00534. The summed E-state index contributed by atoms with van der Waals surface area (Å²) in [6.07, 6.45) is 0.981. The number of thioether (sulfide) groups is 1. The molecule has 3 nitrogen and oxygen atoms in total. The van der Waals surface area contributed by atoms with Crippen LogP contribution in [0.2, 0.25) is 5.02 Å². The Balaban J connectivity index is 2.13. The zero-order valence-corrected chi connectivity index (χ0v) is 12.7. The Morgan fingerprint density at radius 1 is 1.42 bits per heavy atom. The number of phenols is 1. The molecule has 1 aromatic rings. The van der Waals surface area contributed by atoms with Crippen LogP contribution in [0.4, 0.5) is 0 Å². The highest BCUT2D eigenvalue weighted by Crippen LogP contribution is 2.31. The zero-order valence-electron chi connectivity index (χ0n) is 11.1. The largest absolute Gasteiger partial charge is 0.506 e. The van der Waals surface area contributed by atoms with Gasteiger partial charge in [0.1, 0.15) is 5.75 Å². The summed E-state index contributed by atoms with van der Waals surface area (Å²) in [5.74, 6) is 0.941. The van der Waals surface area contributed by atoms with Gasteiger partial charge in [-0.3, -0.25) is 4.79 Å². The number of carbonyl (C=O) groups is 1. The summed E-state index contributed by atoms with van der Waals surface area (Å²) in [6, 6.07) is 4.61. The number of hydrogen-bond donors (Lipinski definition) is 1. The standard InChI is InChI=1S/C14H18ClNO2S/c1-14(2)5-6-16(7-8-19-14)13(18)10-3-4-12(17)11(15)9-10/h3-4,9,17H,5-8H2,1-2H3. The molecular formula is C14H18ClNO2S. The molecule has 104 valence electrons. The number of amides is 1. The molecule has 2 rings (SSSR count). The molecule has 1 saturated heterocycles. The number of phenolic OH excluding ortho intramolecular Hbond substituents is 1. The van der Waals surface area contributed by atoms with Crippen LogP contribution < -0.4 is 0 Å². The molecule has 1 heterocycles. The van der Waals surface area contributed by atoms with Crippen molar-refractivity contribution in [3.05, 3.63) is 28.8 Å². The van der Waals surface area contributed by atoms with E-state index in [1.54, 1.807) is 6.07 Å². The molecule has 1 aliphatic rings. The van der Waals surface area contributed by atoms with Gasteiger partial charge in [-0.2, -0.15) is 11.8 Å². The Labute approximate surface area is 122 Å². The first-order chi connectivity index (χ1) is 8.89. The van der Waals surface area contributed by atoms with Crippen LogP contribution in [0.15, 0.2) is 18.2 Å². The van der Waals surface area contributed by atoms with Crippen molar-refractivity contribution in [3.63, 3.8) is 0 Å². The topological polar surface area (TPSA) is 40.5 Å². The van der Waals surface area contributed by atoms with E-state index in [-0.39, 0.29) is 21.4 Å². The number of halogens is 1. The van der Waals surface area contributed by atoms with Crippen molar-refractivity contribution in [2.45, 2.75) is 25.0 Å². The van der Waals surface area contributed by atoms with E-state index in [1.165, 1.54) is 12.1 Å². The quantitative estimate of drug-likeness (QED) is 0.864. The average molecular weight is 300 g/mol. The maximum absolute atomic E-state index is 12.4. The van der Waals surface area contributed by atoms with Gasteiger partial charge in [-0.1, -0.05) is 25.4 Å². The molecule has 0 radical (unpaired) electrons. The van der Waals surface area contributed by atoms with Crippen LogP contribution in [-0.2, 0) is 0 Å². The first-order valence-corrected chi connectivity index (χ1v) is 7.67. The minimum Gasteiger partial charge on any atom is -0.506 e. The maximum Gasteiger partial charge on any atom is 0.253 e. The summed E-state index contributed by atoms with van der Waals surface area (Å²) in [5, 5.41) is 9.61. The fourth-order valence-corrected chi connectivity index (χ4v) is 3.33. The van der Waals surface area contributed by atoms with Gasteiger partial charge in [0.15, 0.2) is 0 Å². The molecule has 19 heavy (non-hydrogen) atoms. The smallest absolute Gasteiger partial charge is 0.253 e. The van der Waals surface area contributed by atoms with Gasteiger partial charge in [0, 0.05) is 29.2 Å². The van der Waals surface area contributed by atoms with Crippen molar-refractivity contribution in [1.29, 1.82) is 0 Å². The first-order valence-electron chi connectivity index (χ1n) is 6.31. The zero-order chi connectivity index (χ0) is 14.0. The molecule has 1 aliphatic heterocycles. The van der Waals surface area contributed by atoms with Crippen LogP contribution in [-0.4, -0.2) is 39.5 Å². The lowest BCUT2D eigenvalue weighted by atomic mass is 10.1. The number of benzene rings is 1. The third-order valence-corrected chi connectivity index (χ3v) is 4.99. The van der Waals surface area contributed by atoms with Crippen molar-refractivity contribution in [1.82, 2.24) is 4.90 Å². The van der Waals surface area contributed by atoms with Gasteiger partial charge in [-0.25, -0.2) is 0 Å². The second-order valence-electron chi connectivity index (χ2n) is 5.32. The molecule has 1 N–H and O–H groups in total. The van der Waals surface area contributed by atoms with Gasteiger partial charge in [0.2, 0.25) is 0 Å². The summed E-state index contributed by atoms with van der Waals surface area (Å²) < 4.78 is 0.224. The van der Waals surface area contributed by atoms with E-state index in [4.69, 9.17) is 11.6 Å². The van der Waals surface area contributed by atoms with Crippen molar-refractivity contribution in [2.24, 2.45) is 0 Å². The van der Waals surface area contributed by atoms with Crippen molar-refractivity contribution in [2.75, 3.05) is 18.8 Å². The lowest BCUT2D eigenvalue weighted by molar-refractivity contribution is 0.0764. The van der Waals surface area contributed by atoms with Crippen LogP contribution in [0, 0.1) is 0 Å². The Bertz CT molecular complexity index is 490. The van der Waals surface area contributed by atoms with Gasteiger partial charge in [0.05, 0.1) is 5.02 Å². The summed E-state index contributed by atoms with van der Waals surface area (Å²) in [4.78, 5) is 14.3. The molecule has 1 amide bonds. The predicted octanol–water partition coefficient (Wildman–Crippen LogP) is 3.40. The fraction of sp³-hybridized carbons (Fsp3) is 0.500. The van der Waals surface area contributed by atoms with E-state index < -0.39 is 0 Å². The molecule has 1 aromatic carbocycles. The van der Waals surface area contributed by atoms with E-state index in [0.29, 0.717) is 5.56 Å². The van der Waals surface area contributed by atoms with Crippen LogP contribution in [0.3, 0.4) is 0 Å². The van der Waals surface area contributed by atoms with Crippen molar-refractivity contribution < 1.29 is 9.90 Å². The number of hydrogen-bond acceptors (Lipinski definition) is 3. The molecule has 1 fully saturated rings. The highest BCUT2D eigenvalue weighted by molar-refractivity contribution is 8.00. The second kappa shape index (κ2) is 5.63. The number of aromatic hydroxyl groups is 1. The lowest BCUT2D eigenvalue weighted by Crippen LogP contribution is -2.33. The monoisotopic (exact) mass is 299 g/mol. The van der Waals surface area contributed by atoms with Gasteiger partial charge < -0.3 is 10.0 Å². The molecule has 0 aromatic heterocycles. The summed E-state index contributed by atoms with van der Waals surface area (Å²) >= 11 is 7.75. The molecule has 0 bridgehead atoms. The number of carbonyl (C=O) groups excluding carboxylic acids is 1. The van der Waals surface area contributed by atoms with Crippen molar-refractivity contribution in [3.8, 4) is 5.75 Å². The second-order valence-corrected chi connectivity index (χ2v) is 7.53. The molecule has 0 unspecified atom stereocenters. The molecule has 5 heteroatoms. The molecule has 0 aliphatic carbocycles. The molecule has 0 spiro atoms. The van der Waals surface area contributed by atoms with E-state index in [9.17, 15) is 9.90 Å². The number of nitrogens with zero attached hydrogens (tertiary/aromatic N) is 1. The fourth-order valence-electron chi connectivity index (χ4n) is 2.05. The average Bonchev–Trinajstić information content (AvgIpc) is 2.53.